The fourth-order valence-electron chi connectivity index (χ4n) is 1.52. The summed E-state index contributed by atoms with van der Waals surface area (Å²) < 4.78 is 19.0. The van der Waals surface area contributed by atoms with Crippen LogP contribution in [0.25, 0.3) is 0 Å². The molecule has 0 aliphatic carbocycles. The Morgan fingerprint density at radius 3 is 2.26 bits per heavy atom. The fourth-order valence-corrected chi connectivity index (χ4v) is 2.63. The van der Waals surface area contributed by atoms with Crippen molar-refractivity contribution < 1.29 is 8.82 Å². The highest BCUT2D eigenvalue weighted by Gasteiger charge is 2.39. The fraction of sp³-hybridized carbons (Fsp3) is 0.500. The molecular formula is C16H25FOSi. The highest BCUT2D eigenvalue weighted by Crippen LogP contribution is 2.38. The minimum absolute atomic E-state index is 0.0913. The molecule has 0 spiro atoms. The van der Waals surface area contributed by atoms with Crippen molar-refractivity contribution in [3.8, 4) is 0 Å². The highest BCUT2D eigenvalue weighted by atomic mass is 28.4. The molecular weight excluding hydrogens is 255 g/mol. The topological polar surface area (TPSA) is 9.23 Å². The summed E-state index contributed by atoms with van der Waals surface area (Å²) in [5, 5.41) is 0.0913. The second kappa shape index (κ2) is 6.37. The molecule has 0 saturated heterocycles. The zero-order valence-electron chi connectivity index (χ0n) is 12.7. The molecule has 1 aromatic rings. The first-order valence-electron chi connectivity index (χ1n) is 6.78. The highest BCUT2D eigenvalue weighted by molar-refractivity contribution is 6.74. The maximum absolute atomic E-state index is 13.0. The van der Waals surface area contributed by atoms with Crippen LogP contribution in [0.4, 0.5) is 4.39 Å². The number of rotatable bonds is 5. The third kappa shape index (κ3) is 4.82. The summed E-state index contributed by atoms with van der Waals surface area (Å²) in [6.45, 7) is 10.8. The average molecular weight is 280 g/mol. The van der Waals surface area contributed by atoms with Crippen molar-refractivity contribution in [2.45, 2.75) is 51.7 Å². The van der Waals surface area contributed by atoms with E-state index in [1.807, 2.05) is 18.2 Å². The quantitative estimate of drug-likeness (QED) is 0.514. The van der Waals surface area contributed by atoms with E-state index in [0.717, 1.165) is 6.42 Å². The molecule has 0 N–H and O–H groups in total. The van der Waals surface area contributed by atoms with E-state index in [-0.39, 0.29) is 5.04 Å². The number of allylic oxidation sites excluding steroid dienone is 1. The molecule has 0 amide bonds. The minimum Gasteiger partial charge on any atom is -0.545 e. The van der Waals surface area contributed by atoms with Crippen LogP contribution >= 0.6 is 0 Å². The second-order valence-electron chi connectivity index (χ2n) is 6.42. The van der Waals surface area contributed by atoms with E-state index in [1.165, 1.54) is 5.56 Å². The summed E-state index contributed by atoms with van der Waals surface area (Å²) in [6, 6.07) is 10.1. The third-order valence-corrected chi connectivity index (χ3v) is 8.20. The molecule has 0 fully saturated rings. The molecule has 0 saturated carbocycles. The van der Waals surface area contributed by atoms with Gasteiger partial charge in [0.1, 0.15) is 12.1 Å². The van der Waals surface area contributed by atoms with Crippen molar-refractivity contribution in [2.24, 2.45) is 0 Å². The number of halogens is 1. The molecule has 19 heavy (non-hydrogen) atoms. The van der Waals surface area contributed by atoms with Crippen LogP contribution in [0.2, 0.25) is 18.1 Å². The normalized spacial score (nSPS) is 13.5. The molecule has 1 aromatic carbocycles. The van der Waals surface area contributed by atoms with E-state index < -0.39 is 8.32 Å². The molecule has 0 radical (unpaired) electrons. The lowest BCUT2D eigenvalue weighted by molar-refractivity contribution is 0.355. The van der Waals surface area contributed by atoms with Gasteiger partial charge in [0.2, 0.25) is 8.32 Å². The van der Waals surface area contributed by atoms with E-state index in [1.54, 1.807) is 0 Å². The second-order valence-corrected chi connectivity index (χ2v) is 11.1. The van der Waals surface area contributed by atoms with Gasteiger partial charge >= 0.3 is 0 Å². The van der Waals surface area contributed by atoms with E-state index in [2.05, 4.69) is 46.0 Å². The van der Waals surface area contributed by atoms with E-state index in [0.29, 0.717) is 18.5 Å². The van der Waals surface area contributed by atoms with Crippen LogP contribution in [0, 0.1) is 0 Å². The Morgan fingerprint density at radius 1 is 1.21 bits per heavy atom. The summed E-state index contributed by atoms with van der Waals surface area (Å²) >= 11 is 0. The number of hydrogen-bond donors (Lipinski definition) is 0. The van der Waals surface area contributed by atoms with E-state index in [4.69, 9.17) is 4.43 Å². The van der Waals surface area contributed by atoms with Crippen molar-refractivity contribution in [3.05, 3.63) is 48.0 Å². The predicted molar refractivity (Wildman–Crippen MR) is 82.2 cm³/mol. The SMILES string of the molecule is CC(C)(C)[Si](C)(C)O/C(=C\F)CCc1ccccc1. The molecule has 3 heteroatoms. The van der Waals surface area contributed by atoms with Crippen LogP contribution in [0.5, 0.6) is 0 Å². The minimum atomic E-state index is -1.94. The van der Waals surface area contributed by atoms with Crippen LogP contribution in [0.3, 0.4) is 0 Å². The van der Waals surface area contributed by atoms with Gasteiger partial charge in [-0.3, -0.25) is 0 Å². The van der Waals surface area contributed by atoms with Gasteiger partial charge in [0.25, 0.3) is 0 Å². The van der Waals surface area contributed by atoms with Crippen LogP contribution in [-0.4, -0.2) is 8.32 Å². The maximum Gasteiger partial charge on any atom is 0.250 e. The summed E-state index contributed by atoms with van der Waals surface area (Å²) in [5.74, 6) is 0.482. The van der Waals surface area contributed by atoms with Crippen molar-refractivity contribution in [2.75, 3.05) is 0 Å². The summed E-state index contributed by atoms with van der Waals surface area (Å²) in [6.07, 6.45) is 2.06. The maximum atomic E-state index is 13.0. The van der Waals surface area contributed by atoms with Crippen molar-refractivity contribution in [1.82, 2.24) is 0 Å². The molecule has 0 aliphatic heterocycles. The average Bonchev–Trinajstić information content (AvgIpc) is 2.34. The van der Waals surface area contributed by atoms with Gasteiger partial charge in [0, 0.05) is 6.42 Å². The Kier molecular flexibility index (Phi) is 5.35. The zero-order chi connectivity index (χ0) is 14.5. The predicted octanol–water partition coefficient (Wildman–Crippen LogP) is 5.45. The molecule has 0 atom stereocenters. The largest absolute Gasteiger partial charge is 0.545 e. The molecule has 1 nitrogen and oxygen atoms in total. The van der Waals surface area contributed by atoms with Crippen molar-refractivity contribution in [1.29, 1.82) is 0 Å². The lowest BCUT2D eigenvalue weighted by Gasteiger charge is -2.37. The number of hydrogen-bond acceptors (Lipinski definition) is 1. The molecule has 1 rings (SSSR count). The molecule has 0 aromatic heterocycles. The van der Waals surface area contributed by atoms with Crippen molar-refractivity contribution >= 4 is 8.32 Å². The summed E-state index contributed by atoms with van der Waals surface area (Å²) in [7, 11) is -1.94. The van der Waals surface area contributed by atoms with Crippen molar-refractivity contribution in [3.63, 3.8) is 0 Å². The van der Waals surface area contributed by atoms with Gasteiger partial charge in [-0.1, -0.05) is 51.1 Å². The standard InChI is InChI=1S/C16H25FOSi/c1-16(2,3)19(4,5)18-15(13-17)12-11-14-9-7-6-8-10-14/h6-10,13H,11-12H2,1-5H3/b15-13-. The van der Waals surface area contributed by atoms with Gasteiger partial charge in [0.05, 0.1) is 0 Å². The lowest BCUT2D eigenvalue weighted by atomic mass is 10.1. The Bertz CT molecular complexity index is 418. The van der Waals surface area contributed by atoms with Gasteiger partial charge in [-0.05, 0) is 30.1 Å². The Balaban J connectivity index is 2.61. The monoisotopic (exact) mass is 280 g/mol. The van der Waals surface area contributed by atoms with E-state index >= 15 is 0 Å². The first-order valence-corrected chi connectivity index (χ1v) is 9.69. The van der Waals surface area contributed by atoms with Crippen LogP contribution in [0.1, 0.15) is 32.8 Å². The van der Waals surface area contributed by atoms with Gasteiger partial charge in [0.15, 0.2) is 0 Å². The number of benzene rings is 1. The summed E-state index contributed by atoms with van der Waals surface area (Å²) in [5.41, 5.74) is 1.21. The Hall–Kier alpha value is -1.09. The van der Waals surface area contributed by atoms with Crippen LogP contribution in [-0.2, 0) is 10.8 Å². The van der Waals surface area contributed by atoms with E-state index in [9.17, 15) is 4.39 Å². The Labute approximate surface area is 117 Å². The lowest BCUT2D eigenvalue weighted by Crippen LogP contribution is -2.40. The zero-order valence-corrected chi connectivity index (χ0v) is 13.7. The van der Waals surface area contributed by atoms with Gasteiger partial charge in [-0.15, -0.1) is 0 Å². The molecule has 0 unspecified atom stereocenters. The van der Waals surface area contributed by atoms with Crippen LogP contribution in [0.15, 0.2) is 42.4 Å². The van der Waals surface area contributed by atoms with Gasteiger partial charge in [-0.2, -0.15) is 0 Å². The smallest absolute Gasteiger partial charge is 0.250 e. The first-order chi connectivity index (χ1) is 8.76. The van der Waals surface area contributed by atoms with Crippen LogP contribution < -0.4 is 0 Å². The third-order valence-electron chi connectivity index (χ3n) is 3.82. The summed E-state index contributed by atoms with van der Waals surface area (Å²) in [4.78, 5) is 0. The Morgan fingerprint density at radius 2 is 1.79 bits per heavy atom. The van der Waals surface area contributed by atoms with Gasteiger partial charge in [-0.25, -0.2) is 4.39 Å². The first kappa shape index (κ1) is 16.0. The molecule has 106 valence electrons. The molecule has 0 bridgehead atoms. The van der Waals surface area contributed by atoms with Gasteiger partial charge < -0.3 is 4.43 Å². The number of aryl methyl sites for hydroxylation is 1. The molecule has 0 aliphatic rings. The molecule has 0 heterocycles.